The fourth-order valence-corrected chi connectivity index (χ4v) is 7.40. The largest absolute Gasteiger partial charge is 0.465 e. The molecule has 0 spiro atoms. The van der Waals surface area contributed by atoms with Gasteiger partial charge in [-0.25, -0.2) is 4.79 Å². The van der Waals surface area contributed by atoms with Crippen LogP contribution in [0.25, 0.3) is 10.2 Å². The first-order chi connectivity index (χ1) is 16.9. The van der Waals surface area contributed by atoms with Gasteiger partial charge in [0.2, 0.25) is 5.91 Å². The molecule has 2 amide bonds. The van der Waals surface area contributed by atoms with Gasteiger partial charge in [0.1, 0.15) is 5.00 Å². The monoisotopic (exact) mass is 551 g/mol. The van der Waals surface area contributed by atoms with Crippen LogP contribution in [-0.4, -0.2) is 41.0 Å². The molecule has 4 rings (SSSR count). The zero-order valence-electron chi connectivity index (χ0n) is 19.5. The molecular weight excluding hydrogens is 526 g/mol. The van der Waals surface area contributed by atoms with Crippen LogP contribution in [0.5, 0.6) is 0 Å². The zero-order chi connectivity index (χ0) is 24.9. The SMILES string of the molecule is CCn1c(=NC(=O)CSCC(=O)Nc2sc3c(c2C(=O)OC)CCCCC3)sc2cc(Cl)ccc21. The molecule has 0 fully saturated rings. The number of ether oxygens (including phenoxy) is 1. The quantitative estimate of drug-likeness (QED) is 0.318. The molecule has 1 aliphatic rings. The van der Waals surface area contributed by atoms with Gasteiger partial charge < -0.3 is 14.6 Å². The molecule has 0 saturated heterocycles. The summed E-state index contributed by atoms with van der Waals surface area (Å²) in [5.41, 5.74) is 2.47. The van der Waals surface area contributed by atoms with Crippen LogP contribution in [0, 0.1) is 0 Å². The number of aryl methyl sites for hydroxylation is 2. The fraction of sp³-hybridized carbons (Fsp3) is 0.417. The van der Waals surface area contributed by atoms with E-state index in [9.17, 15) is 14.4 Å². The second-order valence-corrected chi connectivity index (χ2v) is 11.6. The van der Waals surface area contributed by atoms with Crippen molar-refractivity contribution in [1.82, 2.24) is 4.57 Å². The van der Waals surface area contributed by atoms with Crippen LogP contribution < -0.4 is 10.1 Å². The van der Waals surface area contributed by atoms with E-state index in [2.05, 4.69) is 10.3 Å². The molecule has 2 aromatic heterocycles. The number of methoxy groups -OCH3 is 1. The number of fused-ring (bicyclic) bond motifs is 2. The van der Waals surface area contributed by atoms with Crippen molar-refractivity contribution >= 4 is 79.0 Å². The Bertz CT molecular complexity index is 1340. The standard InChI is InChI=1S/C24H26ClN3O4S3/c1-3-28-16-10-9-14(25)11-18(16)35-24(28)27-20(30)13-33-12-19(29)26-22-21(23(31)32-2)15-7-5-4-6-8-17(15)34-22/h9-11H,3-8,12-13H2,1-2H3,(H,26,29). The van der Waals surface area contributed by atoms with Crippen molar-refractivity contribution in [2.24, 2.45) is 4.99 Å². The predicted octanol–water partition coefficient (Wildman–Crippen LogP) is 5.29. The van der Waals surface area contributed by atoms with Crippen LogP contribution >= 0.6 is 46.0 Å². The highest BCUT2D eigenvalue weighted by molar-refractivity contribution is 8.00. The minimum absolute atomic E-state index is 0.0803. The van der Waals surface area contributed by atoms with E-state index in [-0.39, 0.29) is 23.3 Å². The lowest BCUT2D eigenvalue weighted by Gasteiger charge is -2.07. The van der Waals surface area contributed by atoms with E-state index in [1.807, 2.05) is 29.7 Å². The van der Waals surface area contributed by atoms with Crippen molar-refractivity contribution in [1.29, 1.82) is 0 Å². The molecule has 0 saturated carbocycles. The maximum absolute atomic E-state index is 12.6. The topological polar surface area (TPSA) is 89.8 Å². The normalized spacial score (nSPS) is 14.0. The Morgan fingerprint density at radius 3 is 2.74 bits per heavy atom. The number of benzene rings is 1. The van der Waals surface area contributed by atoms with E-state index in [0.29, 0.717) is 26.9 Å². The molecule has 3 aromatic rings. The number of carbonyl (C=O) groups excluding carboxylic acids is 3. The van der Waals surface area contributed by atoms with Gasteiger partial charge in [-0.2, -0.15) is 4.99 Å². The summed E-state index contributed by atoms with van der Waals surface area (Å²) < 4.78 is 7.93. The summed E-state index contributed by atoms with van der Waals surface area (Å²) in [4.78, 5) is 43.6. The molecule has 2 heterocycles. The first-order valence-electron chi connectivity index (χ1n) is 11.4. The molecule has 186 valence electrons. The van der Waals surface area contributed by atoms with Crippen LogP contribution in [0.2, 0.25) is 5.02 Å². The van der Waals surface area contributed by atoms with E-state index in [4.69, 9.17) is 16.3 Å². The lowest BCUT2D eigenvalue weighted by atomic mass is 10.1. The average Bonchev–Trinajstić information content (AvgIpc) is 3.24. The minimum Gasteiger partial charge on any atom is -0.465 e. The molecule has 0 atom stereocenters. The fourth-order valence-electron chi connectivity index (χ4n) is 4.12. The molecule has 0 radical (unpaired) electrons. The van der Waals surface area contributed by atoms with E-state index in [0.717, 1.165) is 52.8 Å². The van der Waals surface area contributed by atoms with Gasteiger partial charge in [0.25, 0.3) is 5.91 Å². The maximum atomic E-state index is 12.6. The highest BCUT2D eigenvalue weighted by atomic mass is 35.5. The molecule has 35 heavy (non-hydrogen) atoms. The van der Waals surface area contributed by atoms with Crippen molar-refractivity contribution in [2.75, 3.05) is 23.9 Å². The minimum atomic E-state index is -0.421. The Kier molecular flexibility index (Phi) is 8.69. The molecule has 1 aromatic carbocycles. The number of thioether (sulfide) groups is 1. The first kappa shape index (κ1) is 25.9. The van der Waals surface area contributed by atoms with Crippen molar-refractivity contribution in [2.45, 2.75) is 45.6 Å². The lowest BCUT2D eigenvalue weighted by molar-refractivity contribution is -0.115. The van der Waals surface area contributed by atoms with Gasteiger partial charge in [0.05, 0.1) is 34.4 Å². The number of rotatable bonds is 7. The summed E-state index contributed by atoms with van der Waals surface area (Å²) >= 11 is 10.2. The summed E-state index contributed by atoms with van der Waals surface area (Å²) in [6, 6.07) is 5.61. The third kappa shape index (κ3) is 5.99. The summed E-state index contributed by atoms with van der Waals surface area (Å²) in [7, 11) is 1.35. The number of carbonyl (C=O) groups is 3. The summed E-state index contributed by atoms with van der Waals surface area (Å²) in [5.74, 6) is -0.822. The van der Waals surface area contributed by atoms with Crippen molar-refractivity contribution in [3.05, 3.63) is 44.0 Å². The van der Waals surface area contributed by atoms with Gasteiger partial charge in [-0.3, -0.25) is 9.59 Å². The van der Waals surface area contributed by atoms with Gasteiger partial charge in [0, 0.05) is 16.4 Å². The van der Waals surface area contributed by atoms with Gasteiger partial charge in [0.15, 0.2) is 4.80 Å². The van der Waals surface area contributed by atoms with Gasteiger partial charge in [-0.1, -0.05) is 29.4 Å². The predicted molar refractivity (Wildman–Crippen MR) is 144 cm³/mol. The molecule has 1 aliphatic carbocycles. The Hall–Kier alpha value is -2.14. The number of amides is 2. The number of nitrogens with zero attached hydrogens (tertiary/aromatic N) is 2. The molecule has 0 bridgehead atoms. The number of aromatic nitrogens is 1. The molecule has 0 aliphatic heterocycles. The molecule has 1 N–H and O–H groups in total. The molecule has 11 heteroatoms. The summed E-state index contributed by atoms with van der Waals surface area (Å²) in [6.45, 7) is 2.67. The second kappa shape index (κ2) is 11.7. The lowest BCUT2D eigenvalue weighted by Crippen LogP contribution is -2.18. The number of halogens is 1. The Labute approximate surface area is 220 Å². The van der Waals surface area contributed by atoms with Crippen LogP contribution in [0.15, 0.2) is 23.2 Å². The average molecular weight is 552 g/mol. The van der Waals surface area contributed by atoms with Gasteiger partial charge in [-0.15, -0.1) is 23.1 Å². The van der Waals surface area contributed by atoms with Crippen molar-refractivity contribution in [3.63, 3.8) is 0 Å². The van der Waals surface area contributed by atoms with Crippen molar-refractivity contribution < 1.29 is 19.1 Å². The van der Waals surface area contributed by atoms with Gasteiger partial charge in [-0.05, 0) is 56.4 Å². The number of hydrogen-bond acceptors (Lipinski definition) is 7. The van der Waals surface area contributed by atoms with E-state index < -0.39 is 5.97 Å². The second-order valence-electron chi connectivity index (χ2n) is 8.05. The van der Waals surface area contributed by atoms with E-state index in [1.54, 1.807) is 0 Å². The maximum Gasteiger partial charge on any atom is 0.341 e. The van der Waals surface area contributed by atoms with Gasteiger partial charge >= 0.3 is 5.97 Å². The van der Waals surface area contributed by atoms with Crippen LogP contribution in [0.1, 0.15) is 47.0 Å². The van der Waals surface area contributed by atoms with Crippen LogP contribution in [-0.2, 0) is 33.7 Å². The smallest absolute Gasteiger partial charge is 0.341 e. The number of anilines is 1. The molecule has 7 nitrogen and oxygen atoms in total. The summed E-state index contributed by atoms with van der Waals surface area (Å²) in [6.07, 6.45) is 4.96. The third-order valence-electron chi connectivity index (χ3n) is 5.70. The van der Waals surface area contributed by atoms with Crippen LogP contribution in [0.3, 0.4) is 0 Å². The molecule has 0 unspecified atom stereocenters. The Balaban J connectivity index is 1.40. The third-order valence-corrected chi connectivity index (χ3v) is 9.10. The number of hydrogen-bond donors (Lipinski definition) is 1. The zero-order valence-corrected chi connectivity index (χ0v) is 22.7. The Morgan fingerprint density at radius 2 is 1.97 bits per heavy atom. The van der Waals surface area contributed by atoms with Crippen molar-refractivity contribution in [3.8, 4) is 0 Å². The number of thiophene rings is 1. The highest BCUT2D eigenvalue weighted by Crippen LogP contribution is 2.38. The highest BCUT2D eigenvalue weighted by Gasteiger charge is 2.26. The Morgan fingerprint density at radius 1 is 1.17 bits per heavy atom. The number of thiazole rings is 1. The number of esters is 1. The van der Waals surface area contributed by atoms with Crippen LogP contribution in [0.4, 0.5) is 5.00 Å². The van der Waals surface area contributed by atoms with E-state index in [1.165, 1.54) is 41.5 Å². The summed E-state index contributed by atoms with van der Waals surface area (Å²) in [5, 5.41) is 4.05. The first-order valence-corrected chi connectivity index (χ1v) is 14.5. The molecular formula is C24H26ClN3O4S3. The van der Waals surface area contributed by atoms with E-state index >= 15 is 0 Å². The number of nitrogens with one attached hydrogen (secondary N) is 1.